The average Bonchev–Trinajstić information content (AvgIpc) is 3.49. The number of H-pyrrole nitrogens is 1. The van der Waals surface area contributed by atoms with Crippen molar-refractivity contribution in [3.63, 3.8) is 0 Å². The fourth-order valence-corrected chi connectivity index (χ4v) is 5.08. The van der Waals surface area contributed by atoms with Crippen molar-refractivity contribution in [2.24, 2.45) is 0 Å². The molecule has 0 unspecified atom stereocenters. The summed E-state index contributed by atoms with van der Waals surface area (Å²) in [6, 6.07) is 6.10. The first-order chi connectivity index (χ1) is 15.2. The van der Waals surface area contributed by atoms with Crippen LogP contribution in [0.1, 0.15) is 44.1 Å². The Hall–Kier alpha value is -2.32. The summed E-state index contributed by atoms with van der Waals surface area (Å²) in [5.41, 5.74) is 1.37. The minimum atomic E-state index is -0.0888. The molecule has 0 radical (unpaired) electrons. The molecule has 8 heteroatoms. The van der Waals surface area contributed by atoms with Gasteiger partial charge in [0, 0.05) is 36.2 Å². The number of pyridine rings is 1. The highest BCUT2D eigenvalue weighted by Gasteiger charge is 2.26. The molecule has 5 rings (SSSR count). The number of aromatic nitrogens is 1. The monoisotopic (exact) mass is 443 g/mol. The van der Waals surface area contributed by atoms with Gasteiger partial charge < -0.3 is 29.4 Å². The van der Waals surface area contributed by atoms with Crippen molar-refractivity contribution in [2.45, 2.75) is 57.2 Å². The number of benzene rings is 1. The van der Waals surface area contributed by atoms with Crippen molar-refractivity contribution in [2.75, 3.05) is 26.4 Å². The topological polar surface area (TPSA) is 75.8 Å². The van der Waals surface area contributed by atoms with Gasteiger partial charge in [-0.05, 0) is 50.0 Å². The van der Waals surface area contributed by atoms with Crippen LogP contribution >= 0.6 is 12.2 Å². The number of hydrogen-bond donors (Lipinski definition) is 2. The van der Waals surface area contributed by atoms with Gasteiger partial charge in [0.1, 0.15) is 13.2 Å². The zero-order chi connectivity index (χ0) is 21.2. The molecule has 1 saturated heterocycles. The number of aromatic amines is 1. The van der Waals surface area contributed by atoms with E-state index in [2.05, 4.69) is 15.2 Å². The Labute approximate surface area is 187 Å². The number of rotatable bonds is 5. The maximum absolute atomic E-state index is 12.9. The predicted molar refractivity (Wildman–Crippen MR) is 123 cm³/mol. The maximum Gasteiger partial charge on any atom is 0.253 e. The molecule has 1 aliphatic carbocycles. The van der Waals surface area contributed by atoms with Crippen molar-refractivity contribution in [1.82, 2.24) is 15.2 Å². The molecular weight excluding hydrogens is 414 g/mol. The van der Waals surface area contributed by atoms with E-state index in [4.69, 9.17) is 26.4 Å². The smallest absolute Gasteiger partial charge is 0.253 e. The summed E-state index contributed by atoms with van der Waals surface area (Å²) in [4.78, 5) is 18.1. The number of nitrogens with zero attached hydrogens (tertiary/aromatic N) is 1. The third-order valence-electron chi connectivity index (χ3n) is 6.46. The highest BCUT2D eigenvalue weighted by atomic mass is 32.1. The van der Waals surface area contributed by atoms with Crippen LogP contribution in [0.2, 0.25) is 0 Å². The largest absolute Gasteiger partial charge is 0.486 e. The number of hydrogen-bond acceptors (Lipinski definition) is 5. The van der Waals surface area contributed by atoms with E-state index in [1.807, 2.05) is 18.2 Å². The lowest BCUT2D eigenvalue weighted by molar-refractivity contribution is 0.113. The van der Waals surface area contributed by atoms with Gasteiger partial charge in [0.15, 0.2) is 16.6 Å². The molecule has 1 atom stereocenters. The molecule has 3 aliphatic rings. The molecule has 31 heavy (non-hydrogen) atoms. The molecule has 2 aromatic rings. The van der Waals surface area contributed by atoms with Crippen molar-refractivity contribution < 1.29 is 14.2 Å². The van der Waals surface area contributed by atoms with E-state index in [0.717, 1.165) is 55.5 Å². The predicted octanol–water partition coefficient (Wildman–Crippen LogP) is 3.10. The van der Waals surface area contributed by atoms with Crippen LogP contribution in [0.25, 0.3) is 10.9 Å². The Morgan fingerprint density at radius 1 is 1.06 bits per heavy atom. The maximum atomic E-state index is 12.9. The lowest BCUT2D eigenvalue weighted by Gasteiger charge is -2.32. The fraction of sp³-hybridized carbons (Fsp3) is 0.565. The summed E-state index contributed by atoms with van der Waals surface area (Å²) >= 11 is 5.78. The Morgan fingerprint density at radius 2 is 1.84 bits per heavy atom. The first-order valence-electron chi connectivity index (χ1n) is 11.3. The van der Waals surface area contributed by atoms with Crippen molar-refractivity contribution in [3.8, 4) is 11.5 Å². The van der Waals surface area contributed by atoms with Gasteiger partial charge in [-0.25, -0.2) is 0 Å². The van der Waals surface area contributed by atoms with Gasteiger partial charge >= 0.3 is 0 Å². The number of nitrogens with one attached hydrogen (secondary N) is 2. The number of thiocarbonyl (C=S) groups is 1. The van der Waals surface area contributed by atoms with E-state index in [1.54, 1.807) is 0 Å². The van der Waals surface area contributed by atoms with Gasteiger partial charge in [-0.3, -0.25) is 4.79 Å². The Morgan fingerprint density at radius 3 is 2.58 bits per heavy atom. The molecule has 166 valence electrons. The molecule has 1 aromatic carbocycles. The fourth-order valence-electron chi connectivity index (χ4n) is 4.78. The van der Waals surface area contributed by atoms with Gasteiger partial charge in [-0.1, -0.05) is 12.8 Å². The lowest BCUT2D eigenvalue weighted by Crippen LogP contribution is -2.47. The third-order valence-corrected chi connectivity index (χ3v) is 6.83. The van der Waals surface area contributed by atoms with Crippen LogP contribution in [-0.2, 0) is 11.3 Å². The minimum Gasteiger partial charge on any atom is -0.486 e. The zero-order valence-corrected chi connectivity index (χ0v) is 18.5. The van der Waals surface area contributed by atoms with Crippen LogP contribution < -0.4 is 20.3 Å². The molecule has 2 fully saturated rings. The summed E-state index contributed by atoms with van der Waals surface area (Å²) in [6.45, 7) is 3.10. The van der Waals surface area contributed by atoms with Crippen LogP contribution in [0.5, 0.6) is 11.5 Å². The summed E-state index contributed by atoms with van der Waals surface area (Å²) in [5.74, 6) is 1.40. The quantitative estimate of drug-likeness (QED) is 0.688. The van der Waals surface area contributed by atoms with Gasteiger partial charge in [0.25, 0.3) is 5.56 Å². The van der Waals surface area contributed by atoms with E-state index in [0.29, 0.717) is 42.2 Å². The second kappa shape index (κ2) is 9.04. The van der Waals surface area contributed by atoms with Crippen LogP contribution in [-0.4, -0.2) is 53.5 Å². The van der Waals surface area contributed by atoms with Crippen LogP contribution in [0.4, 0.5) is 0 Å². The standard InChI is InChI=1S/C23H29N3O4S/c27-22-16(10-15-11-20-21(12-19(15)25-22)30-9-8-29-20)14-26(17-4-1-2-5-17)23(31)24-13-18-6-3-7-28-18/h10-12,17-18H,1-9,13-14H2,(H,24,31)(H,25,27)/t18-/m0/s1. The first-order valence-corrected chi connectivity index (χ1v) is 11.7. The van der Waals surface area contributed by atoms with E-state index >= 15 is 0 Å². The molecule has 2 N–H and O–H groups in total. The van der Waals surface area contributed by atoms with Gasteiger partial charge in [0.05, 0.1) is 18.2 Å². The van der Waals surface area contributed by atoms with Gasteiger partial charge in [-0.2, -0.15) is 0 Å². The molecule has 0 bridgehead atoms. The van der Waals surface area contributed by atoms with E-state index in [1.165, 1.54) is 12.8 Å². The molecule has 1 aromatic heterocycles. The van der Waals surface area contributed by atoms with E-state index in [9.17, 15) is 4.79 Å². The van der Waals surface area contributed by atoms with E-state index < -0.39 is 0 Å². The van der Waals surface area contributed by atoms with Gasteiger partial charge in [0.2, 0.25) is 0 Å². The van der Waals surface area contributed by atoms with Crippen LogP contribution in [0, 0.1) is 0 Å². The number of ether oxygens (including phenoxy) is 3. The Kier molecular flexibility index (Phi) is 6.00. The molecule has 0 spiro atoms. The third kappa shape index (κ3) is 4.50. The second-order valence-electron chi connectivity index (χ2n) is 8.59. The van der Waals surface area contributed by atoms with Crippen molar-refractivity contribution >= 4 is 28.2 Å². The molecule has 3 heterocycles. The molecule has 1 saturated carbocycles. The van der Waals surface area contributed by atoms with E-state index in [-0.39, 0.29) is 11.7 Å². The minimum absolute atomic E-state index is 0.0888. The highest BCUT2D eigenvalue weighted by Crippen LogP contribution is 2.34. The van der Waals surface area contributed by atoms with Crippen LogP contribution in [0.3, 0.4) is 0 Å². The average molecular weight is 444 g/mol. The Balaban J connectivity index is 1.38. The van der Waals surface area contributed by atoms with Crippen LogP contribution in [0.15, 0.2) is 23.0 Å². The first kappa shape index (κ1) is 20.6. The highest BCUT2D eigenvalue weighted by molar-refractivity contribution is 7.80. The summed E-state index contributed by atoms with van der Waals surface area (Å²) < 4.78 is 17.1. The molecule has 0 amide bonds. The molecule has 7 nitrogen and oxygen atoms in total. The van der Waals surface area contributed by atoms with Gasteiger partial charge in [-0.15, -0.1) is 0 Å². The summed E-state index contributed by atoms with van der Waals surface area (Å²) in [6.07, 6.45) is 7.01. The Bertz CT molecular complexity index is 1010. The summed E-state index contributed by atoms with van der Waals surface area (Å²) in [5, 5.41) is 5.05. The number of fused-ring (bicyclic) bond motifs is 2. The SMILES string of the molecule is O=c1[nH]c2cc3c(cc2cc1CN(C(=S)NC[C@@H]1CCCO1)C1CCCC1)OCCO3. The van der Waals surface area contributed by atoms with Crippen molar-refractivity contribution in [1.29, 1.82) is 0 Å². The normalized spacial score (nSPS) is 20.8. The zero-order valence-electron chi connectivity index (χ0n) is 17.7. The molecule has 2 aliphatic heterocycles. The molecular formula is C23H29N3O4S. The lowest BCUT2D eigenvalue weighted by atomic mass is 10.1. The van der Waals surface area contributed by atoms with Crippen molar-refractivity contribution in [3.05, 3.63) is 34.1 Å². The summed E-state index contributed by atoms with van der Waals surface area (Å²) in [7, 11) is 0. The second-order valence-corrected chi connectivity index (χ2v) is 8.98.